The lowest BCUT2D eigenvalue weighted by molar-refractivity contribution is -0.121. The van der Waals surface area contributed by atoms with Crippen molar-refractivity contribution in [1.82, 2.24) is 5.32 Å². The lowest BCUT2D eigenvalue weighted by Gasteiger charge is -2.12. The molecule has 24 heavy (non-hydrogen) atoms. The van der Waals surface area contributed by atoms with Crippen LogP contribution >= 0.6 is 28.1 Å². The standard InChI is InChI=1S/C16H13BrN2O4S/c17-10-5-7-11(8-6-10)23-9-14(20)19-16(24)18-13-4-2-1-3-12(13)15(21)22/h1-8H,9H2,(H,21,22)(H2,18,19,20,24). The van der Waals surface area contributed by atoms with E-state index >= 15 is 0 Å². The summed E-state index contributed by atoms with van der Waals surface area (Å²) >= 11 is 8.31. The molecule has 2 aromatic rings. The normalized spacial score (nSPS) is 9.88. The number of amides is 1. The number of ether oxygens (including phenoxy) is 1. The Bertz CT molecular complexity index is 765. The third-order valence-corrected chi connectivity index (χ3v) is 3.57. The number of aromatic carboxylic acids is 1. The average molecular weight is 409 g/mol. The van der Waals surface area contributed by atoms with Crippen LogP contribution in [0, 0.1) is 0 Å². The summed E-state index contributed by atoms with van der Waals surface area (Å²) in [5.41, 5.74) is 0.351. The molecule has 0 heterocycles. The zero-order valence-corrected chi connectivity index (χ0v) is 14.7. The fraction of sp³-hybridized carbons (Fsp3) is 0.0625. The number of rotatable bonds is 5. The highest BCUT2D eigenvalue weighted by Crippen LogP contribution is 2.16. The van der Waals surface area contributed by atoms with Crippen molar-refractivity contribution >= 4 is 50.8 Å². The van der Waals surface area contributed by atoms with E-state index in [-0.39, 0.29) is 17.3 Å². The molecule has 0 bridgehead atoms. The highest BCUT2D eigenvalue weighted by molar-refractivity contribution is 9.10. The molecule has 2 rings (SSSR count). The van der Waals surface area contributed by atoms with Crippen LogP contribution in [0.3, 0.4) is 0 Å². The molecule has 8 heteroatoms. The van der Waals surface area contributed by atoms with Crippen molar-refractivity contribution in [2.45, 2.75) is 0 Å². The predicted molar refractivity (Wildman–Crippen MR) is 97.4 cm³/mol. The number of nitrogens with one attached hydrogen (secondary N) is 2. The summed E-state index contributed by atoms with van der Waals surface area (Å²) in [6, 6.07) is 13.3. The van der Waals surface area contributed by atoms with Gasteiger partial charge >= 0.3 is 5.97 Å². The summed E-state index contributed by atoms with van der Waals surface area (Å²) in [6.07, 6.45) is 0. The van der Waals surface area contributed by atoms with Crippen molar-refractivity contribution in [2.75, 3.05) is 11.9 Å². The molecule has 0 unspecified atom stereocenters. The molecule has 0 spiro atoms. The van der Waals surface area contributed by atoms with Crippen LogP contribution in [-0.2, 0) is 4.79 Å². The average Bonchev–Trinajstić information content (AvgIpc) is 2.54. The van der Waals surface area contributed by atoms with E-state index in [4.69, 9.17) is 22.1 Å². The van der Waals surface area contributed by atoms with E-state index in [1.165, 1.54) is 6.07 Å². The number of halogens is 1. The molecule has 0 radical (unpaired) electrons. The van der Waals surface area contributed by atoms with Gasteiger partial charge < -0.3 is 15.2 Å². The molecule has 2 aromatic carbocycles. The van der Waals surface area contributed by atoms with E-state index in [0.717, 1.165) is 4.47 Å². The maximum absolute atomic E-state index is 11.8. The SMILES string of the molecule is O=C(COc1ccc(Br)cc1)NC(=S)Nc1ccccc1C(=O)O. The largest absolute Gasteiger partial charge is 0.484 e. The number of hydrogen-bond donors (Lipinski definition) is 3. The van der Waals surface area contributed by atoms with E-state index in [0.29, 0.717) is 11.4 Å². The van der Waals surface area contributed by atoms with Crippen molar-refractivity contribution in [3.8, 4) is 5.75 Å². The number of hydrogen-bond acceptors (Lipinski definition) is 4. The Morgan fingerprint density at radius 1 is 1.12 bits per heavy atom. The molecule has 1 amide bonds. The van der Waals surface area contributed by atoms with Gasteiger partial charge in [-0.1, -0.05) is 28.1 Å². The van der Waals surface area contributed by atoms with Gasteiger partial charge in [0.1, 0.15) is 5.75 Å². The van der Waals surface area contributed by atoms with Gasteiger partial charge in [-0.2, -0.15) is 0 Å². The van der Waals surface area contributed by atoms with Crippen molar-refractivity contribution in [3.63, 3.8) is 0 Å². The Balaban J connectivity index is 1.87. The second kappa shape index (κ2) is 8.42. The number of carbonyl (C=O) groups is 2. The topological polar surface area (TPSA) is 87.7 Å². The lowest BCUT2D eigenvalue weighted by Crippen LogP contribution is -2.37. The Labute approximate surface area is 152 Å². The number of para-hydroxylation sites is 1. The van der Waals surface area contributed by atoms with E-state index in [1.54, 1.807) is 42.5 Å². The van der Waals surface area contributed by atoms with Crippen LogP contribution in [0.1, 0.15) is 10.4 Å². The molecule has 3 N–H and O–H groups in total. The molecule has 124 valence electrons. The summed E-state index contributed by atoms with van der Waals surface area (Å²) in [5.74, 6) is -1.00. The van der Waals surface area contributed by atoms with Crippen molar-refractivity contribution in [1.29, 1.82) is 0 Å². The van der Waals surface area contributed by atoms with Crippen LogP contribution in [0.5, 0.6) is 5.75 Å². The molecular formula is C16H13BrN2O4S. The Kier molecular flexibility index (Phi) is 6.28. The summed E-state index contributed by atoms with van der Waals surface area (Å²) < 4.78 is 6.23. The maximum Gasteiger partial charge on any atom is 0.337 e. The first kappa shape index (κ1) is 17.9. The van der Waals surface area contributed by atoms with Gasteiger partial charge in [-0.15, -0.1) is 0 Å². The molecule has 0 saturated carbocycles. The van der Waals surface area contributed by atoms with E-state index in [2.05, 4.69) is 26.6 Å². The molecule has 0 aliphatic carbocycles. The van der Waals surface area contributed by atoms with Crippen LogP contribution in [0.25, 0.3) is 0 Å². The van der Waals surface area contributed by atoms with E-state index in [9.17, 15) is 9.59 Å². The quantitative estimate of drug-likeness (QED) is 0.659. The minimum atomic E-state index is -1.09. The highest BCUT2D eigenvalue weighted by Gasteiger charge is 2.11. The van der Waals surface area contributed by atoms with Gasteiger partial charge in [0, 0.05) is 4.47 Å². The number of carbonyl (C=O) groups excluding carboxylic acids is 1. The molecule has 0 saturated heterocycles. The maximum atomic E-state index is 11.8. The molecule has 0 fully saturated rings. The third-order valence-electron chi connectivity index (χ3n) is 2.84. The van der Waals surface area contributed by atoms with Gasteiger partial charge in [-0.25, -0.2) is 4.79 Å². The Morgan fingerprint density at radius 2 is 1.79 bits per heavy atom. The zero-order valence-electron chi connectivity index (χ0n) is 12.3. The molecule has 0 atom stereocenters. The first-order valence-corrected chi connectivity index (χ1v) is 7.97. The van der Waals surface area contributed by atoms with Crippen LogP contribution in [0.4, 0.5) is 5.69 Å². The van der Waals surface area contributed by atoms with Gasteiger partial charge in [-0.05, 0) is 48.6 Å². The minimum absolute atomic E-state index is 0.00638. The fourth-order valence-electron chi connectivity index (χ4n) is 1.77. The highest BCUT2D eigenvalue weighted by atomic mass is 79.9. The minimum Gasteiger partial charge on any atom is -0.484 e. The number of anilines is 1. The monoisotopic (exact) mass is 408 g/mol. The molecular weight excluding hydrogens is 396 g/mol. The van der Waals surface area contributed by atoms with Gasteiger partial charge in [0.15, 0.2) is 11.7 Å². The van der Waals surface area contributed by atoms with E-state index < -0.39 is 11.9 Å². The van der Waals surface area contributed by atoms with Crippen LogP contribution in [0.2, 0.25) is 0 Å². The first-order chi connectivity index (χ1) is 11.5. The third kappa shape index (κ3) is 5.32. The predicted octanol–water partition coefficient (Wildman–Crippen LogP) is 3.04. The number of carboxylic acids is 1. The van der Waals surface area contributed by atoms with Crippen molar-refractivity contribution in [3.05, 3.63) is 58.6 Å². The van der Waals surface area contributed by atoms with Crippen molar-refractivity contribution in [2.24, 2.45) is 0 Å². The Hall–Kier alpha value is -2.45. The summed E-state index contributed by atoms with van der Waals surface area (Å²) in [6.45, 7) is -0.218. The molecule has 0 aliphatic rings. The molecule has 0 aliphatic heterocycles. The fourth-order valence-corrected chi connectivity index (χ4v) is 2.26. The lowest BCUT2D eigenvalue weighted by atomic mass is 10.2. The van der Waals surface area contributed by atoms with Crippen LogP contribution < -0.4 is 15.4 Å². The van der Waals surface area contributed by atoms with Gasteiger partial charge in [0.25, 0.3) is 5.91 Å². The number of carboxylic acid groups (broad SMARTS) is 1. The van der Waals surface area contributed by atoms with Crippen molar-refractivity contribution < 1.29 is 19.4 Å². The van der Waals surface area contributed by atoms with Crippen LogP contribution in [-0.4, -0.2) is 28.7 Å². The Morgan fingerprint density at radius 3 is 2.46 bits per heavy atom. The molecule has 0 aromatic heterocycles. The summed E-state index contributed by atoms with van der Waals surface area (Å²) in [4.78, 5) is 22.9. The smallest absolute Gasteiger partial charge is 0.337 e. The van der Waals surface area contributed by atoms with Crippen LogP contribution in [0.15, 0.2) is 53.0 Å². The number of thiocarbonyl (C=S) groups is 1. The molecule has 6 nitrogen and oxygen atoms in total. The first-order valence-electron chi connectivity index (χ1n) is 6.77. The zero-order chi connectivity index (χ0) is 17.5. The second-order valence-corrected chi connectivity index (χ2v) is 5.92. The summed E-state index contributed by atoms with van der Waals surface area (Å²) in [5, 5.41) is 14.2. The van der Waals surface area contributed by atoms with Gasteiger partial charge in [-0.3, -0.25) is 10.1 Å². The second-order valence-electron chi connectivity index (χ2n) is 4.60. The van der Waals surface area contributed by atoms with Gasteiger partial charge in [0.2, 0.25) is 0 Å². The van der Waals surface area contributed by atoms with Gasteiger partial charge in [0.05, 0.1) is 11.3 Å². The number of benzene rings is 2. The summed E-state index contributed by atoms with van der Waals surface area (Å²) in [7, 11) is 0. The van der Waals surface area contributed by atoms with E-state index in [1.807, 2.05) is 0 Å².